The number of benzene rings is 1. The lowest BCUT2D eigenvalue weighted by molar-refractivity contribution is -0.115. The van der Waals surface area contributed by atoms with Crippen LogP contribution in [0.2, 0.25) is 0 Å². The Balaban J connectivity index is 0.906. The molecule has 240 valence electrons. The Labute approximate surface area is 286 Å². The molecule has 4 N–H and O–H groups in total. The summed E-state index contributed by atoms with van der Waals surface area (Å²) in [6, 6.07) is 20.8. The molecule has 50 heavy (non-hydrogen) atoms. The third-order valence-corrected chi connectivity index (χ3v) is 8.00. The van der Waals surface area contributed by atoms with Crippen LogP contribution in [0, 0.1) is 0 Å². The van der Waals surface area contributed by atoms with Crippen LogP contribution in [0.4, 0.5) is 0 Å². The van der Waals surface area contributed by atoms with Gasteiger partial charge in [-0.3, -0.25) is 9.59 Å². The minimum absolute atomic E-state index is 0.0446. The van der Waals surface area contributed by atoms with Crippen LogP contribution in [-0.4, -0.2) is 43.8 Å². The molecule has 0 spiro atoms. The molecule has 0 aliphatic carbocycles. The second kappa shape index (κ2) is 13.2. The predicted octanol–water partition coefficient (Wildman–Crippen LogP) is 5.49. The van der Waals surface area contributed by atoms with Crippen LogP contribution in [0.15, 0.2) is 159 Å². The van der Waals surface area contributed by atoms with Crippen molar-refractivity contribution in [2.45, 2.75) is 0 Å². The maximum atomic E-state index is 12.7. The molecule has 0 atom stereocenters. The number of aliphatic imine (C=N–C) groups is 3. The number of nitrogens with zero attached hydrogens (tertiary/aromatic N) is 3. The van der Waals surface area contributed by atoms with E-state index in [1.807, 2.05) is 134 Å². The second-order valence-electron chi connectivity index (χ2n) is 11.8. The molecule has 0 saturated heterocycles. The fourth-order valence-corrected chi connectivity index (χ4v) is 5.67. The van der Waals surface area contributed by atoms with Gasteiger partial charge >= 0.3 is 0 Å². The largest absolute Gasteiger partial charge is 0.355 e. The van der Waals surface area contributed by atoms with Crippen molar-refractivity contribution in [1.82, 2.24) is 20.3 Å². The van der Waals surface area contributed by atoms with Crippen LogP contribution in [0.25, 0.3) is 30.4 Å². The number of ketones is 1. The lowest BCUT2D eigenvalue weighted by atomic mass is 10.1. The molecular weight excluding hydrogens is 622 g/mol. The first-order valence-corrected chi connectivity index (χ1v) is 16.0. The van der Waals surface area contributed by atoms with E-state index in [1.54, 1.807) is 12.1 Å². The van der Waals surface area contributed by atoms with Crippen molar-refractivity contribution in [2.24, 2.45) is 15.0 Å². The maximum absolute atomic E-state index is 12.7. The number of carbonyl (C=O) groups is 2. The Hall–Kier alpha value is -7.13. The number of rotatable bonds is 8. The lowest BCUT2D eigenvalue weighted by Gasteiger charge is -1.97. The van der Waals surface area contributed by atoms with Gasteiger partial charge in [0.05, 0.1) is 39.9 Å². The molecule has 4 aliphatic heterocycles. The van der Waals surface area contributed by atoms with Crippen LogP contribution in [0.5, 0.6) is 0 Å². The highest BCUT2D eigenvalue weighted by atomic mass is 16.1. The standard InChI is InChI=1S/C41H29N7O2/c49-40-19-17-38(48-40)25-36-15-13-34(46-36)23-32-11-9-30(44-32)21-28-7-6-27(42-28)20-29-8-10-31(43-29)22-33-12-14-35(45-33)24-37-16-18-39(47-37)41(50)26-4-2-1-3-5-26/h1-25,43,46-47H,(H,48,49)/b28-21+,29-20-,31-22+,32-23-,35-24+,38-25-. The molecule has 0 fully saturated rings. The Bertz CT molecular complexity index is 2530. The molecule has 0 radical (unpaired) electrons. The summed E-state index contributed by atoms with van der Waals surface area (Å²) >= 11 is 0. The van der Waals surface area contributed by atoms with Gasteiger partial charge in [0.2, 0.25) is 11.7 Å². The maximum Gasteiger partial charge on any atom is 0.248 e. The first-order valence-electron chi connectivity index (χ1n) is 16.0. The van der Waals surface area contributed by atoms with Crippen LogP contribution in [0.1, 0.15) is 33.1 Å². The van der Waals surface area contributed by atoms with Crippen LogP contribution < -0.4 is 16.0 Å². The first-order chi connectivity index (χ1) is 24.5. The molecule has 1 aromatic carbocycles. The monoisotopic (exact) mass is 651 g/mol. The highest BCUT2D eigenvalue weighted by Crippen LogP contribution is 2.19. The van der Waals surface area contributed by atoms with E-state index in [4.69, 9.17) is 15.0 Å². The second-order valence-corrected chi connectivity index (χ2v) is 11.8. The topological polar surface area (TPSA) is 131 Å². The van der Waals surface area contributed by atoms with Crippen LogP contribution in [0.3, 0.4) is 0 Å². The van der Waals surface area contributed by atoms with E-state index >= 15 is 0 Å². The number of allylic oxidation sites excluding steroid dienone is 8. The molecular formula is C41H29N7O2. The summed E-state index contributed by atoms with van der Waals surface area (Å²) in [4.78, 5) is 48.1. The predicted molar refractivity (Wildman–Crippen MR) is 199 cm³/mol. The average Bonchev–Trinajstić information content (AvgIpc) is 3.96. The van der Waals surface area contributed by atoms with Gasteiger partial charge in [-0.2, -0.15) is 0 Å². The fourth-order valence-electron chi connectivity index (χ4n) is 5.67. The highest BCUT2D eigenvalue weighted by molar-refractivity contribution is 6.20. The van der Waals surface area contributed by atoms with Gasteiger partial charge in [-0.25, -0.2) is 15.0 Å². The summed E-state index contributed by atoms with van der Waals surface area (Å²) in [6.07, 6.45) is 26.7. The summed E-state index contributed by atoms with van der Waals surface area (Å²) in [5, 5.41) is 4.62. The Morgan fingerprint density at radius 2 is 1.06 bits per heavy atom. The van der Waals surface area contributed by atoms with E-state index in [9.17, 15) is 9.59 Å². The summed E-state index contributed by atoms with van der Waals surface area (Å²) in [5.74, 6) is -0.158. The average molecular weight is 652 g/mol. The Kier molecular flexibility index (Phi) is 7.96. The summed E-state index contributed by atoms with van der Waals surface area (Å²) in [5.41, 5.74) is 9.49. The van der Waals surface area contributed by atoms with Crippen molar-refractivity contribution < 1.29 is 9.59 Å². The van der Waals surface area contributed by atoms with Gasteiger partial charge in [-0.1, -0.05) is 30.3 Å². The Morgan fingerprint density at radius 1 is 0.500 bits per heavy atom. The Morgan fingerprint density at radius 3 is 1.68 bits per heavy atom. The smallest absolute Gasteiger partial charge is 0.248 e. The number of H-pyrrole nitrogens is 3. The van der Waals surface area contributed by atoms with Crippen molar-refractivity contribution >= 4 is 59.2 Å². The SMILES string of the molecule is O=C1C=C/C(=C/c2ccc(/C=C3/C=CC(/C=C4\C=CC(/C=c5/cc/c(=C\C6=NC(=C/c7ccc(C(=O)c8ccccc8)[nH]7)/C=C6)[nH]5)=N4)=N3)[nH]2)N1. The number of carbonyl (C=O) groups excluding carboxylic acids is 2. The molecule has 9 heteroatoms. The molecule has 4 aromatic rings. The first kappa shape index (κ1) is 30.2. The van der Waals surface area contributed by atoms with Crippen molar-refractivity contribution in [3.8, 4) is 0 Å². The third-order valence-electron chi connectivity index (χ3n) is 8.00. The van der Waals surface area contributed by atoms with Crippen LogP contribution >= 0.6 is 0 Å². The van der Waals surface area contributed by atoms with Gasteiger partial charge < -0.3 is 20.3 Å². The summed E-state index contributed by atoms with van der Waals surface area (Å²) in [6.45, 7) is 0. The van der Waals surface area contributed by atoms with E-state index in [2.05, 4.69) is 20.3 Å². The van der Waals surface area contributed by atoms with Gasteiger partial charge in [-0.05, 0) is 115 Å². The molecule has 9 nitrogen and oxygen atoms in total. The molecule has 4 aliphatic rings. The fraction of sp³-hybridized carbons (Fsp3) is 0. The minimum Gasteiger partial charge on any atom is -0.355 e. The minimum atomic E-state index is -0.114. The van der Waals surface area contributed by atoms with Crippen molar-refractivity contribution in [1.29, 1.82) is 0 Å². The van der Waals surface area contributed by atoms with Gasteiger partial charge in [0.1, 0.15) is 0 Å². The van der Waals surface area contributed by atoms with Crippen molar-refractivity contribution in [3.05, 3.63) is 183 Å². The van der Waals surface area contributed by atoms with Crippen molar-refractivity contribution in [3.63, 3.8) is 0 Å². The molecule has 0 saturated carbocycles. The van der Waals surface area contributed by atoms with Gasteiger partial charge in [0.15, 0.2) is 0 Å². The number of hydrogen-bond acceptors (Lipinski definition) is 5. The van der Waals surface area contributed by atoms with Gasteiger partial charge in [0.25, 0.3) is 0 Å². The van der Waals surface area contributed by atoms with E-state index in [0.717, 1.165) is 67.7 Å². The molecule has 0 unspecified atom stereocenters. The summed E-state index contributed by atoms with van der Waals surface area (Å²) < 4.78 is 0. The van der Waals surface area contributed by atoms with Crippen LogP contribution in [-0.2, 0) is 4.79 Å². The van der Waals surface area contributed by atoms with E-state index in [1.165, 1.54) is 6.08 Å². The number of amides is 1. The number of hydrogen-bond donors (Lipinski definition) is 4. The third kappa shape index (κ3) is 7.07. The van der Waals surface area contributed by atoms with Gasteiger partial charge in [0, 0.05) is 45.1 Å². The molecule has 8 rings (SSSR count). The normalized spacial score (nSPS) is 20.3. The quantitative estimate of drug-likeness (QED) is 0.188. The van der Waals surface area contributed by atoms with Crippen molar-refractivity contribution in [2.75, 3.05) is 0 Å². The molecule has 1 amide bonds. The number of aromatic nitrogens is 3. The zero-order chi connectivity index (χ0) is 33.9. The number of nitrogens with one attached hydrogen (secondary N) is 4. The van der Waals surface area contributed by atoms with Gasteiger partial charge in [-0.15, -0.1) is 0 Å². The summed E-state index contributed by atoms with van der Waals surface area (Å²) in [7, 11) is 0. The highest BCUT2D eigenvalue weighted by Gasteiger charge is 2.12. The van der Waals surface area contributed by atoms with E-state index in [0.29, 0.717) is 11.3 Å². The zero-order valence-corrected chi connectivity index (χ0v) is 26.6. The molecule has 3 aromatic heterocycles. The molecule has 7 heterocycles. The zero-order valence-electron chi connectivity index (χ0n) is 26.6. The van der Waals surface area contributed by atoms with E-state index < -0.39 is 0 Å². The van der Waals surface area contributed by atoms with E-state index in [-0.39, 0.29) is 11.7 Å². The molecule has 0 bridgehead atoms. The lowest BCUT2D eigenvalue weighted by Crippen LogP contribution is -2.12. The number of aromatic amines is 3.